The standard InChI is InChI=1S/C20H35N3O3/c1-13(2)21-18(24)9-15-11-23(14(3)4)16-12-26-17(20(15)16)10-19(25)22-7-5-6-8-22/h13-17,20H,5-12H2,1-4H3,(H,21,24)/t15-,16-,17+,20-/m1/s1. The molecular weight excluding hydrogens is 330 g/mol. The Labute approximate surface area is 157 Å². The normalized spacial score (nSPS) is 31.8. The second kappa shape index (κ2) is 8.26. The Morgan fingerprint density at radius 1 is 1.12 bits per heavy atom. The molecule has 0 bridgehead atoms. The second-order valence-corrected chi connectivity index (χ2v) is 8.79. The van der Waals surface area contributed by atoms with Crippen LogP contribution in [0.5, 0.6) is 0 Å². The van der Waals surface area contributed by atoms with Crippen LogP contribution in [-0.4, -0.2) is 72.1 Å². The highest BCUT2D eigenvalue weighted by Crippen LogP contribution is 2.42. The fraction of sp³-hybridized carbons (Fsp3) is 0.900. The van der Waals surface area contributed by atoms with Crippen LogP contribution in [0, 0.1) is 11.8 Å². The van der Waals surface area contributed by atoms with Crippen molar-refractivity contribution in [3.05, 3.63) is 0 Å². The molecule has 3 saturated heterocycles. The summed E-state index contributed by atoms with van der Waals surface area (Å²) >= 11 is 0. The van der Waals surface area contributed by atoms with E-state index in [4.69, 9.17) is 4.74 Å². The van der Waals surface area contributed by atoms with E-state index in [1.807, 2.05) is 18.7 Å². The van der Waals surface area contributed by atoms with Crippen LogP contribution in [0.2, 0.25) is 0 Å². The van der Waals surface area contributed by atoms with Gasteiger partial charge in [-0.2, -0.15) is 0 Å². The third-order valence-corrected chi connectivity index (χ3v) is 6.17. The Morgan fingerprint density at radius 3 is 2.42 bits per heavy atom. The minimum absolute atomic E-state index is 0.0475. The highest BCUT2D eigenvalue weighted by Gasteiger charge is 2.51. The summed E-state index contributed by atoms with van der Waals surface area (Å²) in [5, 5.41) is 3.02. The Balaban J connectivity index is 1.68. The van der Waals surface area contributed by atoms with Gasteiger partial charge in [0.25, 0.3) is 0 Å². The first-order valence-corrected chi connectivity index (χ1v) is 10.3. The number of ether oxygens (including phenoxy) is 1. The van der Waals surface area contributed by atoms with E-state index in [-0.39, 0.29) is 35.8 Å². The Kier molecular flexibility index (Phi) is 6.23. The maximum absolute atomic E-state index is 12.6. The van der Waals surface area contributed by atoms with E-state index in [1.54, 1.807) is 0 Å². The molecule has 3 rings (SSSR count). The number of carbonyl (C=O) groups is 2. The summed E-state index contributed by atoms with van der Waals surface area (Å²) in [6, 6.07) is 0.925. The van der Waals surface area contributed by atoms with Crippen molar-refractivity contribution in [1.82, 2.24) is 15.1 Å². The van der Waals surface area contributed by atoms with Gasteiger partial charge in [0.2, 0.25) is 11.8 Å². The number of rotatable bonds is 6. The predicted octanol–water partition coefficient (Wildman–Crippen LogP) is 1.64. The van der Waals surface area contributed by atoms with E-state index in [0.717, 1.165) is 32.5 Å². The van der Waals surface area contributed by atoms with E-state index < -0.39 is 0 Å². The SMILES string of the molecule is CC(C)NC(=O)C[C@@H]1CN(C(C)C)[C@@H]2CO[C@@H](CC(=O)N3CCCC3)[C@H]12. The number of amides is 2. The van der Waals surface area contributed by atoms with Crippen molar-refractivity contribution >= 4 is 11.8 Å². The van der Waals surface area contributed by atoms with Crippen molar-refractivity contribution in [3.8, 4) is 0 Å². The van der Waals surface area contributed by atoms with E-state index in [9.17, 15) is 9.59 Å². The summed E-state index contributed by atoms with van der Waals surface area (Å²) in [4.78, 5) is 29.4. The van der Waals surface area contributed by atoms with Crippen LogP contribution in [0.3, 0.4) is 0 Å². The fourth-order valence-electron chi connectivity index (χ4n) is 5.03. The van der Waals surface area contributed by atoms with Crippen LogP contribution in [0.4, 0.5) is 0 Å². The molecule has 3 heterocycles. The second-order valence-electron chi connectivity index (χ2n) is 8.79. The molecule has 4 atom stereocenters. The summed E-state index contributed by atoms with van der Waals surface area (Å²) in [6.45, 7) is 11.8. The maximum atomic E-state index is 12.6. The molecule has 26 heavy (non-hydrogen) atoms. The largest absolute Gasteiger partial charge is 0.376 e. The minimum Gasteiger partial charge on any atom is -0.376 e. The first kappa shape index (κ1) is 19.6. The lowest BCUT2D eigenvalue weighted by atomic mass is 9.84. The third-order valence-electron chi connectivity index (χ3n) is 6.17. The average Bonchev–Trinajstić information content (AvgIpc) is 3.25. The van der Waals surface area contributed by atoms with Gasteiger partial charge in [-0.15, -0.1) is 0 Å². The van der Waals surface area contributed by atoms with Crippen LogP contribution < -0.4 is 5.32 Å². The highest BCUT2D eigenvalue weighted by atomic mass is 16.5. The van der Waals surface area contributed by atoms with E-state index in [1.165, 1.54) is 0 Å². The number of nitrogens with one attached hydrogen (secondary N) is 1. The summed E-state index contributed by atoms with van der Waals surface area (Å²) in [5.41, 5.74) is 0. The van der Waals surface area contributed by atoms with Gasteiger partial charge in [0.05, 0.1) is 19.1 Å². The van der Waals surface area contributed by atoms with Gasteiger partial charge in [-0.1, -0.05) is 0 Å². The van der Waals surface area contributed by atoms with Crippen LogP contribution in [0.25, 0.3) is 0 Å². The van der Waals surface area contributed by atoms with E-state index in [2.05, 4.69) is 24.1 Å². The highest BCUT2D eigenvalue weighted by molar-refractivity contribution is 5.77. The van der Waals surface area contributed by atoms with Crippen LogP contribution in [0.1, 0.15) is 53.4 Å². The molecule has 0 aromatic rings. The molecular formula is C20H35N3O3. The first-order chi connectivity index (χ1) is 12.4. The molecule has 6 nitrogen and oxygen atoms in total. The summed E-state index contributed by atoms with van der Waals surface area (Å²) in [7, 11) is 0. The van der Waals surface area contributed by atoms with Gasteiger partial charge < -0.3 is 15.0 Å². The maximum Gasteiger partial charge on any atom is 0.225 e. The Hall–Kier alpha value is -1.14. The summed E-state index contributed by atoms with van der Waals surface area (Å²) < 4.78 is 6.10. The minimum atomic E-state index is -0.0475. The zero-order chi connectivity index (χ0) is 18.8. The van der Waals surface area contributed by atoms with Crippen molar-refractivity contribution in [3.63, 3.8) is 0 Å². The molecule has 3 fully saturated rings. The predicted molar refractivity (Wildman–Crippen MR) is 101 cm³/mol. The lowest BCUT2D eigenvalue weighted by Crippen LogP contribution is -2.38. The van der Waals surface area contributed by atoms with Crippen LogP contribution >= 0.6 is 0 Å². The van der Waals surface area contributed by atoms with Crippen molar-refractivity contribution in [2.24, 2.45) is 11.8 Å². The molecule has 1 N–H and O–H groups in total. The number of nitrogens with zero attached hydrogens (tertiary/aromatic N) is 2. The molecule has 0 unspecified atom stereocenters. The smallest absolute Gasteiger partial charge is 0.225 e. The molecule has 0 spiro atoms. The van der Waals surface area contributed by atoms with E-state index in [0.29, 0.717) is 31.5 Å². The molecule has 3 aliphatic rings. The molecule has 2 amide bonds. The Bertz CT molecular complexity index is 516. The lowest BCUT2D eigenvalue weighted by Gasteiger charge is -2.26. The van der Waals surface area contributed by atoms with Gasteiger partial charge in [-0.05, 0) is 46.5 Å². The first-order valence-electron chi connectivity index (χ1n) is 10.3. The zero-order valence-electron chi connectivity index (χ0n) is 16.7. The van der Waals surface area contributed by atoms with Crippen LogP contribution in [0.15, 0.2) is 0 Å². The van der Waals surface area contributed by atoms with Gasteiger partial charge in [0.1, 0.15) is 0 Å². The van der Waals surface area contributed by atoms with Gasteiger partial charge in [-0.25, -0.2) is 0 Å². The molecule has 0 radical (unpaired) electrons. The number of carbonyl (C=O) groups excluding carboxylic acids is 2. The molecule has 0 aliphatic carbocycles. The molecule has 0 aromatic carbocycles. The van der Waals surface area contributed by atoms with Crippen molar-refractivity contribution in [2.45, 2.75) is 77.6 Å². The van der Waals surface area contributed by atoms with Gasteiger partial charge in [0.15, 0.2) is 0 Å². The number of fused-ring (bicyclic) bond motifs is 1. The van der Waals surface area contributed by atoms with Gasteiger partial charge in [-0.3, -0.25) is 14.5 Å². The number of hydrogen-bond acceptors (Lipinski definition) is 4. The molecule has 3 aliphatic heterocycles. The molecule has 0 aromatic heterocycles. The number of likely N-dealkylation sites (tertiary alicyclic amines) is 2. The molecule has 6 heteroatoms. The topological polar surface area (TPSA) is 61.9 Å². The Morgan fingerprint density at radius 2 is 1.81 bits per heavy atom. The third kappa shape index (κ3) is 4.22. The van der Waals surface area contributed by atoms with Gasteiger partial charge in [0, 0.05) is 50.1 Å². The van der Waals surface area contributed by atoms with Crippen molar-refractivity contribution in [1.29, 1.82) is 0 Å². The molecule has 148 valence electrons. The summed E-state index contributed by atoms with van der Waals surface area (Å²) in [5.74, 6) is 0.884. The quantitative estimate of drug-likeness (QED) is 0.777. The van der Waals surface area contributed by atoms with Crippen molar-refractivity contribution < 1.29 is 14.3 Å². The summed E-state index contributed by atoms with van der Waals surface area (Å²) in [6.07, 6.45) is 3.18. The van der Waals surface area contributed by atoms with Gasteiger partial charge >= 0.3 is 0 Å². The van der Waals surface area contributed by atoms with E-state index >= 15 is 0 Å². The monoisotopic (exact) mass is 365 g/mol. The number of hydrogen-bond donors (Lipinski definition) is 1. The molecule has 0 saturated carbocycles. The average molecular weight is 366 g/mol. The lowest BCUT2D eigenvalue weighted by molar-refractivity contribution is -0.133. The van der Waals surface area contributed by atoms with Crippen molar-refractivity contribution in [2.75, 3.05) is 26.2 Å². The fourth-order valence-corrected chi connectivity index (χ4v) is 5.03. The van der Waals surface area contributed by atoms with Crippen LogP contribution in [-0.2, 0) is 14.3 Å². The zero-order valence-corrected chi connectivity index (χ0v) is 16.7.